The van der Waals surface area contributed by atoms with Crippen LogP contribution in [0.1, 0.15) is 48.3 Å². The Hall–Kier alpha value is -3.44. The molecular weight excluding hydrogens is 449 g/mol. The molecule has 5 heteroatoms. The van der Waals surface area contributed by atoms with Gasteiger partial charge in [-0.3, -0.25) is 4.79 Å². The Balaban J connectivity index is 1.41. The molecule has 1 fully saturated rings. The number of nitrogens with zero attached hydrogens (tertiary/aromatic N) is 2. The molecule has 4 aromatic rings. The summed E-state index contributed by atoms with van der Waals surface area (Å²) in [6.45, 7) is 4.54. The lowest BCUT2D eigenvalue weighted by atomic mass is 9.88. The van der Waals surface area contributed by atoms with Gasteiger partial charge in [-0.25, -0.2) is 4.39 Å². The molecular formula is C31H34FN3O. The number of halogens is 1. The van der Waals surface area contributed by atoms with Crippen molar-refractivity contribution in [2.45, 2.75) is 38.1 Å². The Bertz CT molecular complexity index is 1280. The standard InChI is InChI=1S/C31H34FN3O/c32-26-15-13-25(14-16-26)28(21-31(36)33-17-20-34-18-7-2-8-19-34)29-23-35(22-24-9-3-1-4-10-24)30-12-6-5-11-27(29)30/h1,3-6,9-16,23,28H,2,7-8,17-22H2,(H,33,36)/t28-/m0/s1. The van der Waals surface area contributed by atoms with Crippen LogP contribution in [0.4, 0.5) is 4.39 Å². The van der Waals surface area contributed by atoms with Gasteiger partial charge < -0.3 is 14.8 Å². The smallest absolute Gasteiger partial charge is 0.220 e. The number of hydrogen-bond donors (Lipinski definition) is 1. The number of rotatable bonds is 9. The first-order valence-electron chi connectivity index (χ1n) is 13.0. The number of piperidine rings is 1. The second-order valence-electron chi connectivity index (χ2n) is 9.78. The Labute approximate surface area is 212 Å². The molecule has 0 unspecified atom stereocenters. The maximum Gasteiger partial charge on any atom is 0.220 e. The lowest BCUT2D eigenvalue weighted by molar-refractivity contribution is -0.121. The fraction of sp³-hybridized carbons (Fsp3) is 0.323. The van der Waals surface area contributed by atoms with Gasteiger partial charge in [0.05, 0.1) is 0 Å². The summed E-state index contributed by atoms with van der Waals surface area (Å²) in [7, 11) is 0. The molecule has 0 spiro atoms. The van der Waals surface area contributed by atoms with Gasteiger partial charge in [-0.2, -0.15) is 0 Å². The first-order valence-corrected chi connectivity index (χ1v) is 13.0. The fourth-order valence-corrected chi connectivity index (χ4v) is 5.36. The van der Waals surface area contributed by atoms with Crippen LogP contribution in [-0.4, -0.2) is 41.6 Å². The Morgan fingerprint density at radius 1 is 0.889 bits per heavy atom. The van der Waals surface area contributed by atoms with Crippen molar-refractivity contribution in [1.82, 2.24) is 14.8 Å². The van der Waals surface area contributed by atoms with E-state index in [-0.39, 0.29) is 17.6 Å². The van der Waals surface area contributed by atoms with E-state index in [1.165, 1.54) is 37.0 Å². The van der Waals surface area contributed by atoms with Crippen molar-refractivity contribution in [3.05, 3.63) is 108 Å². The molecule has 0 saturated carbocycles. The number of nitrogens with one attached hydrogen (secondary N) is 1. The molecule has 36 heavy (non-hydrogen) atoms. The van der Waals surface area contributed by atoms with E-state index in [2.05, 4.69) is 57.4 Å². The average Bonchev–Trinajstić information content (AvgIpc) is 3.27. The van der Waals surface area contributed by atoms with Crippen molar-refractivity contribution in [2.75, 3.05) is 26.2 Å². The predicted molar refractivity (Wildman–Crippen MR) is 144 cm³/mol. The monoisotopic (exact) mass is 483 g/mol. The summed E-state index contributed by atoms with van der Waals surface area (Å²) in [4.78, 5) is 15.6. The highest BCUT2D eigenvalue weighted by atomic mass is 19.1. The minimum Gasteiger partial charge on any atom is -0.355 e. The Morgan fingerprint density at radius 2 is 1.61 bits per heavy atom. The van der Waals surface area contributed by atoms with Crippen LogP contribution in [0.15, 0.2) is 85.1 Å². The molecule has 1 N–H and O–H groups in total. The second kappa shape index (κ2) is 11.5. The predicted octanol–water partition coefficient (Wildman–Crippen LogP) is 5.95. The maximum atomic E-state index is 13.8. The zero-order chi connectivity index (χ0) is 24.7. The van der Waals surface area contributed by atoms with Crippen molar-refractivity contribution in [3.8, 4) is 0 Å². The van der Waals surface area contributed by atoms with Crippen molar-refractivity contribution >= 4 is 16.8 Å². The number of amides is 1. The third-order valence-corrected chi connectivity index (χ3v) is 7.25. The summed E-state index contributed by atoms with van der Waals surface area (Å²) in [6.07, 6.45) is 6.29. The van der Waals surface area contributed by atoms with Crippen molar-refractivity contribution in [2.24, 2.45) is 0 Å². The number of aromatic nitrogens is 1. The van der Waals surface area contributed by atoms with Crippen LogP contribution in [0.2, 0.25) is 0 Å². The zero-order valence-corrected chi connectivity index (χ0v) is 20.7. The van der Waals surface area contributed by atoms with Crippen LogP contribution in [0.25, 0.3) is 10.9 Å². The van der Waals surface area contributed by atoms with Gasteiger partial charge >= 0.3 is 0 Å². The quantitative estimate of drug-likeness (QED) is 0.319. The van der Waals surface area contributed by atoms with Gasteiger partial charge in [0.1, 0.15) is 5.82 Å². The van der Waals surface area contributed by atoms with Gasteiger partial charge in [0, 0.05) is 49.1 Å². The van der Waals surface area contributed by atoms with E-state index in [1.54, 1.807) is 0 Å². The molecule has 2 heterocycles. The molecule has 1 aliphatic heterocycles. The summed E-state index contributed by atoms with van der Waals surface area (Å²) in [6, 6.07) is 25.3. The number of fused-ring (bicyclic) bond motifs is 1. The van der Waals surface area contributed by atoms with Gasteiger partial charge in [-0.15, -0.1) is 0 Å². The van der Waals surface area contributed by atoms with E-state index in [0.29, 0.717) is 13.0 Å². The molecule has 3 aromatic carbocycles. The summed E-state index contributed by atoms with van der Waals surface area (Å²) in [5.41, 5.74) is 4.40. The van der Waals surface area contributed by atoms with Crippen molar-refractivity contribution < 1.29 is 9.18 Å². The molecule has 0 aliphatic carbocycles. The highest BCUT2D eigenvalue weighted by molar-refractivity contribution is 5.86. The van der Waals surface area contributed by atoms with Gasteiger partial charge in [0.15, 0.2) is 0 Å². The van der Waals surface area contributed by atoms with E-state index in [4.69, 9.17) is 0 Å². The summed E-state index contributed by atoms with van der Waals surface area (Å²) in [5, 5.41) is 4.27. The second-order valence-corrected chi connectivity index (χ2v) is 9.78. The van der Waals surface area contributed by atoms with Crippen molar-refractivity contribution in [1.29, 1.82) is 0 Å². The van der Waals surface area contributed by atoms with Crippen LogP contribution in [0.5, 0.6) is 0 Å². The Kier molecular flexibility index (Phi) is 7.77. The highest BCUT2D eigenvalue weighted by Gasteiger charge is 2.23. The average molecular weight is 484 g/mol. The van der Waals surface area contributed by atoms with Crippen LogP contribution in [0, 0.1) is 5.82 Å². The Morgan fingerprint density at radius 3 is 2.39 bits per heavy atom. The van der Waals surface area contributed by atoms with Crippen molar-refractivity contribution in [3.63, 3.8) is 0 Å². The van der Waals surface area contributed by atoms with Gasteiger partial charge in [-0.1, -0.05) is 67.1 Å². The van der Waals surface area contributed by atoms with E-state index < -0.39 is 0 Å². The van der Waals surface area contributed by atoms with Crippen LogP contribution < -0.4 is 5.32 Å². The molecule has 1 atom stereocenters. The molecule has 0 bridgehead atoms. The molecule has 1 aromatic heterocycles. The first kappa shape index (κ1) is 24.3. The minimum atomic E-state index is -0.269. The topological polar surface area (TPSA) is 37.3 Å². The molecule has 5 rings (SSSR count). The van der Waals surface area contributed by atoms with Crippen LogP contribution in [-0.2, 0) is 11.3 Å². The number of hydrogen-bond acceptors (Lipinski definition) is 2. The van der Waals surface area contributed by atoms with E-state index in [9.17, 15) is 9.18 Å². The van der Waals surface area contributed by atoms with Crippen LogP contribution >= 0.6 is 0 Å². The van der Waals surface area contributed by atoms with E-state index >= 15 is 0 Å². The number of carbonyl (C=O) groups excluding carboxylic acids is 1. The highest BCUT2D eigenvalue weighted by Crippen LogP contribution is 2.35. The summed E-state index contributed by atoms with van der Waals surface area (Å²) in [5.74, 6) is -0.404. The lowest BCUT2D eigenvalue weighted by Gasteiger charge is -2.26. The van der Waals surface area contributed by atoms with Gasteiger partial charge in [0.25, 0.3) is 0 Å². The largest absolute Gasteiger partial charge is 0.355 e. The lowest BCUT2D eigenvalue weighted by Crippen LogP contribution is -2.38. The summed E-state index contributed by atoms with van der Waals surface area (Å²) >= 11 is 0. The van der Waals surface area contributed by atoms with E-state index in [1.807, 2.05) is 30.3 Å². The normalized spacial score (nSPS) is 15.1. The van der Waals surface area contributed by atoms with Gasteiger partial charge in [-0.05, 0) is 60.8 Å². The minimum absolute atomic E-state index is 0.0289. The number of para-hydroxylation sites is 1. The summed E-state index contributed by atoms with van der Waals surface area (Å²) < 4.78 is 16.0. The third-order valence-electron chi connectivity index (χ3n) is 7.25. The molecule has 0 radical (unpaired) electrons. The first-order chi connectivity index (χ1) is 17.7. The number of benzene rings is 3. The maximum absolute atomic E-state index is 13.8. The molecule has 1 aliphatic rings. The third kappa shape index (κ3) is 5.85. The van der Waals surface area contributed by atoms with Gasteiger partial charge in [0.2, 0.25) is 5.91 Å². The fourth-order valence-electron chi connectivity index (χ4n) is 5.36. The SMILES string of the molecule is O=C(C[C@@H](c1ccc(F)cc1)c1cn(Cc2ccccc2)c2ccccc12)NCCN1CCCCC1. The molecule has 1 amide bonds. The zero-order valence-electron chi connectivity index (χ0n) is 20.7. The molecule has 4 nitrogen and oxygen atoms in total. The van der Waals surface area contributed by atoms with E-state index in [0.717, 1.165) is 48.2 Å². The number of carbonyl (C=O) groups is 1. The molecule has 1 saturated heterocycles. The number of likely N-dealkylation sites (tertiary alicyclic amines) is 1. The molecule has 186 valence electrons. The van der Waals surface area contributed by atoms with Crippen LogP contribution in [0.3, 0.4) is 0 Å².